The highest BCUT2D eigenvalue weighted by Gasteiger charge is 2.16. The molecule has 0 unspecified atom stereocenters. The van der Waals surface area contributed by atoms with Gasteiger partial charge in [-0.05, 0) is 24.3 Å². The number of hydrogen-bond acceptors (Lipinski definition) is 2. The van der Waals surface area contributed by atoms with Crippen molar-refractivity contribution >= 4 is 16.7 Å². The highest BCUT2D eigenvalue weighted by Crippen LogP contribution is 2.19. The molecule has 0 bridgehead atoms. The fourth-order valence-corrected chi connectivity index (χ4v) is 2.05. The highest BCUT2D eigenvalue weighted by atomic mass is 19.2. The van der Waals surface area contributed by atoms with Gasteiger partial charge in [0.1, 0.15) is 0 Å². The van der Waals surface area contributed by atoms with Crippen LogP contribution in [0.15, 0.2) is 48.7 Å². The van der Waals surface area contributed by atoms with Gasteiger partial charge in [-0.3, -0.25) is 9.78 Å². The van der Waals surface area contributed by atoms with Crippen molar-refractivity contribution < 1.29 is 18.0 Å². The number of carbonyl (C=O) groups excluding carboxylic acids is 1. The Balaban J connectivity index is 2.08. The van der Waals surface area contributed by atoms with Crippen LogP contribution < -0.4 is 0 Å². The number of hydrogen-bond donors (Lipinski definition) is 0. The minimum Gasteiger partial charge on any atom is -0.289 e. The van der Waals surface area contributed by atoms with Crippen LogP contribution in [0.2, 0.25) is 0 Å². The molecule has 5 heteroatoms. The van der Waals surface area contributed by atoms with Crippen LogP contribution in [0.1, 0.15) is 15.9 Å². The standard InChI is InChI=1S/C16H8F3NO/c17-12-6-10(7-13(18)15(12)19)16(21)11-5-9-3-1-2-4-14(9)20-8-11/h1-8H. The van der Waals surface area contributed by atoms with Crippen molar-refractivity contribution in [2.75, 3.05) is 0 Å². The molecule has 0 fully saturated rings. The Bertz CT molecular complexity index is 838. The predicted molar refractivity (Wildman–Crippen MR) is 71.5 cm³/mol. The summed E-state index contributed by atoms with van der Waals surface area (Å²) in [5.41, 5.74) is 0.619. The summed E-state index contributed by atoms with van der Waals surface area (Å²) in [5, 5.41) is 0.728. The Labute approximate surface area is 117 Å². The molecule has 0 aliphatic rings. The van der Waals surface area contributed by atoms with E-state index in [2.05, 4.69) is 4.98 Å². The van der Waals surface area contributed by atoms with Crippen molar-refractivity contribution in [3.05, 3.63) is 77.2 Å². The molecule has 3 rings (SSSR count). The van der Waals surface area contributed by atoms with Crippen molar-refractivity contribution in [1.29, 1.82) is 0 Å². The van der Waals surface area contributed by atoms with Crippen LogP contribution in [0.5, 0.6) is 0 Å². The molecule has 0 saturated carbocycles. The number of fused-ring (bicyclic) bond motifs is 1. The third kappa shape index (κ3) is 2.38. The summed E-state index contributed by atoms with van der Waals surface area (Å²) < 4.78 is 39.3. The molecule has 0 atom stereocenters. The largest absolute Gasteiger partial charge is 0.289 e. The van der Waals surface area contributed by atoms with E-state index < -0.39 is 23.2 Å². The summed E-state index contributed by atoms with van der Waals surface area (Å²) in [5.74, 6) is -5.01. The van der Waals surface area contributed by atoms with Gasteiger partial charge in [-0.15, -0.1) is 0 Å². The van der Waals surface area contributed by atoms with E-state index in [-0.39, 0.29) is 11.1 Å². The van der Waals surface area contributed by atoms with Crippen LogP contribution in [-0.2, 0) is 0 Å². The maximum atomic E-state index is 13.2. The van der Waals surface area contributed by atoms with E-state index in [1.807, 2.05) is 6.07 Å². The van der Waals surface area contributed by atoms with Gasteiger partial charge in [-0.25, -0.2) is 13.2 Å². The van der Waals surface area contributed by atoms with Crippen molar-refractivity contribution in [3.63, 3.8) is 0 Å². The van der Waals surface area contributed by atoms with Crippen LogP contribution in [0.25, 0.3) is 10.9 Å². The lowest BCUT2D eigenvalue weighted by Crippen LogP contribution is -2.05. The number of rotatable bonds is 2. The summed E-state index contributed by atoms with van der Waals surface area (Å²) in [6, 6.07) is 10.1. The molecule has 3 aromatic rings. The highest BCUT2D eigenvalue weighted by molar-refractivity contribution is 6.10. The Morgan fingerprint density at radius 1 is 0.905 bits per heavy atom. The number of carbonyl (C=O) groups is 1. The van der Waals surface area contributed by atoms with Crippen LogP contribution >= 0.6 is 0 Å². The molecule has 0 radical (unpaired) electrons. The molecule has 1 aromatic heterocycles. The van der Waals surface area contributed by atoms with Gasteiger partial charge >= 0.3 is 0 Å². The normalized spacial score (nSPS) is 10.8. The number of nitrogens with zero attached hydrogens (tertiary/aromatic N) is 1. The van der Waals surface area contributed by atoms with E-state index in [0.717, 1.165) is 5.39 Å². The second-order valence-corrected chi connectivity index (χ2v) is 4.50. The third-order valence-electron chi connectivity index (χ3n) is 3.10. The van der Waals surface area contributed by atoms with Crippen LogP contribution in [0, 0.1) is 17.5 Å². The molecule has 0 N–H and O–H groups in total. The monoisotopic (exact) mass is 287 g/mol. The van der Waals surface area contributed by atoms with E-state index in [0.29, 0.717) is 17.6 Å². The van der Waals surface area contributed by atoms with Gasteiger partial charge in [0.2, 0.25) is 0 Å². The number of benzene rings is 2. The number of aromatic nitrogens is 1. The molecule has 0 amide bonds. The molecule has 0 aliphatic carbocycles. The van der Waals surface area contributed by atoms with Gasteiger partial charge in [-0.2, -0.15) is 0 Å². The van der Waals surface area contributed by atoms with Crippen LogP contribution in [0.3, 0.4) is 0 Å². The van der Waals surface area contributed by atoms with E-state index >= 15 is 0 Å². The Kier molecular flexibility index (Phi) is 3.17. The Morgan fingerprint density at radius 2 is 1.57 bits per heavy atom. The third-order valence-corrected chi connectivity index (χ3v) is 3.10. The van der Waals surface area contributed by atoms with E-state index in [1.54, 1.807) is 24.3 Å². The predicted octanol–water partition coefficient (Wildman–Crippen LogP) is 3.88. The lowest BCUT2D eigenvalue weighted by Gasteiger charge is -2.04. The Hall–Kier alpha value is -2.69. The zero-order valence-electron chi connectivity index (χ0n) is 10.6. The number of para-hydroxylation sites is 1. The van der Waals surface area contributed by atoms with Crippen molar-refractivity contribution in [3.8, 4) is 0 Å². The molecule has 0 saturated heterocycles. The molecule has 2 nitrogen and oxygen atoms in total. The number of pyridine rings is 1. The van der Waals surface area contributed by atoms with Crippen molar-refractivity contribution in [2.24, 2.45) is 0 Å². The first-order valence-electron chi connectivity index (χ1n) is 6.10. The second kappa shape index (κ2) is 5.01. The average Bonchev–Trinajstić information content (AvgIpc) is 2.51. The fraction of sp³-hybridized carbons (Fsp3) is 0. The van der Waals surface area contributed by atoms with Crippen LogP contribution in [-0.4, -0.2) is 10.8 Å². The molecular formula is C16H8F3NO. The smallest absolute Gasteiger partial charge is 0.194 e. The zero-order valence-corrected chi connectivity index (χ0v) is 10.6. The van der Waals surface area contributed by atoms with Crippen molar-refractivity contribution in [2.45, 2.75) is 0 Å². The zero-order chi connectivity index (χ0) is 15.0. The lowest BCUT2D eigenvalue weighted by molar-refractivity contribution is 0.103. The summed E-state index contributed by atoms with van der Waals surface area (Å²) in [7, 11) is 0. The molecule has 104 valence electrons. The molecule has 21 heavy (non-hydrogen) atoms. The summed E-state index contributed by atoms with van der Waals surface area (Å²) in [6.45, 7) is 0. The van der Waals surface area contributed by atoms with Crippen molar-refractivity contribution in [1.82, 2.24) is 4.98 Å². The second-order valence-electron chi connectivity index (χ2n) is 4.50. The van der Waals surface area contributed by atoms with Gasteiger partial charge in [-0.1, -0.05) is 18.2 Å². The minimum absolute atomic E-state index is 0.180. The molecule has 2 aromatic carbocycles. The van der Waals surface area contributed by atoms with Gasteiger partial charge < -0.3 is 0 Å². The quantitative estimate of drug-likeness (QED) is 0.529. The molecule has 0 spiro atoms. The van der Waals surface area contributed by atoms with Gasteiger partial charge in [0, 0.05) is 22.7 Å². The van der Waals surface area contributed by atoms with E-state index in [9.17, 15) is 18.0 Å². The molecular weight excluding hydrogens is 279 g/mol. The first kappa shape index (κ1) is 13.3. The molecule has 1 heterocycles. The minimum atomic E-state index is -1.59. The maximum absolute atomic E-state index is 13.2. The van der Waals surface area contributed by atoms with E-state index in [4.69, 9.17) is 0 Å². The van der Waals surface area contributed by atoms with Gasteiger partial charge in [0.05, 0.1) is 5.52 Å². The summed E-state index contributed by atoms with van der Waals surface area (Å²) in [6.07, 6.45) is 1.32. The first-order valence-corrected chi connectivity index (χ1v) is 6.10. The lowest BCUT2D eigenvalue weighted by atomic mass is 10.0. The number of halogens is 3. The number of ketones is 1. The molecule has 0 aliphatic heterocycles. The van der Waals surface area contributed by atoms with Gasteiger partial charge in [0.25, 0.3) is 0 Å². The van der Waals surface area contributed by atoms with Crippen LogP contribution in [0.4, 0.5) is 13.2 Å². The summed E-state index contributed by atoms with van der Waals surface area (Å²) in [4.78, 5) is 16.3. The topological polar surface area (TPSA) is 30.0 Å². The fourth-order valence-electron chi connectivity index (χ4n) is 2.05. The SMILES string of the molecule is O=C(c1cc(F)c(F)c(F)c1)c1cnc2ccccc2c1. The van der Waals surface area contributed by atoms with Gasteiger partial charge in [0.15, 0.2) is 23.2 Å². The van der Waals surface area contributed by atoms with E-state index in [1.165, 1.54) is 6.20 Å². The Morgan fingerprint density at radius 3 is 2.29 bits per heavy atom. The maximum Gasteiger partial charge on any atom is 0.194 e. The summed E-state index contributed by atoms with van der Waals surface area (Å²) >= 11 is 0. The average molecular weight is 287 g/mol. The first-order chi connectivity index (χ1) is 10.1.